The van der Waals surface area contributed by atoms with E-state index >= 15 is 0 Å². The van der Waals surface area contributed by atoms with Gasteiger partial charge in [-0.2, -0.15) is 9.78 Å². The molecule has 0 radical (unpaired) electrons. The number of benzene rings is 2. The second-order valence-electron chi connectivity index (χ2n) is 10.9. The van der Waals surface area contributed by atoms with Gasteiger partial charge >= 0.3 is 5.97 Å². The van der Waals surface area contributed by atoms with E-state index in [1.165, 1.54) is 28.3 Å². The highest BCUT2D eigenvalue weighted by atomic mass is 32.2. The molecule has 1 N–H and O–H groups in total. The lowest BCUT2D eigenvalue weighted by Gasteiger charge is -2.33. The monoisotopic (exact) mass is 604 g/mol. The number of aromatic nitrogens is 3. The van der Waals surface area contributed by atoms with E-state index < -0.39 is 15.8 Å². The van der Waals surface area contributed by atoms with Gasteiger partial charge in [0.1, 0.15) is 27.8 Å². The highest BCUT2D eigenvalue weighted by Crippen LogP contribution is 2.34. The van der Waals surface area contributed by atoms with E-state index in [0.717, 1.165) is 36.2 Å². The molecule has 1 aliphatic rings. The molecule has 1 atom stereocenters. The van der Waals surface area contributed by atoms with Gasteiger partial charge in [0.2, 0.25) is 5.88 Å². The molecule has 0 saturated heterocycles. The number of hydrogen-bond acceptors (Lipinski definition) is 8. The first-order valence-corrected chi connectivity index (χ1v) is 16.3. The number of fused-ring (bicyclic) bond motifs is 1. The Kier molecular flexibility index (Phi) is 8.84. The summed E-state index contributed by atoms with van der Waals surface area (Å²) in [5.74, 6) is 0.295. The van der Waals surface area contributed by atoms with Gasteiger partial charge in [0.15, 0.2) is 5.82 Å². The smallest absolute Gasteiger partial charge is 0.342 e. The van der Waals surface area contributed by atoms with Crippen molar-refractivity contribution in [2.75, 3.05) is 25.2 Å². The summed E-state index contributed by atoms with van der Waals surface area (Å²) in [7, 11) is -3.03. The molecule has 11 heteroatoms. The summed E-state index contributed by atoms with van der Waals surface area (Å²) in [6.45, 7) is 7.93. The van der Waals surface area contributed by atoms with Crippen LogP contribution < -0.4 is 9.47 Å². The van der Waals surface area contributed by atoms with Crippen molar-refractivity contribution in [2.24, 2.45) is 0 Å². The molecule has 1 aliphatic heterocycles. The van der Waals surface area contributed by atoms with Crippen molar-refractivity contribution in [3.63, 3.8) is 0 Å². The summed E-state index contributed by atoms with van der Waals surface area (Å²) in [6, 6.07) is 17.7. The van der Waals surface area contributed by atoms with Crippen LogP contribution in [0.2, 0.25) is 0 Å². The molecule has 2 aromatic carbocycles. The van der Waals surface area contributed by atoms with E-state index in [4.69, 9.17) is 14.5 Å². The molecule has 1 unspecified atom stereocenters. The lowest BCUT2D eigenvalue weighted by atomic mass is 9.96. The minimum absolute atomic E-state index is 0.0315. The van der Waals surface area contributed by atoms with Crippen molar-refractivity contribution in [3.8, 4) is 28.7 Å². The molecule has 0 saturated carbocycles. The summed E-state index contributed by atoms with van der Waals surface area (Å²) >= 11 is 0. The minimum Gasteiger partial charge on any atom is -0.488 e. The molecule has 0 amide bonds. The number of rotatable bonds is 11. The van der Waals surface area contributed by atoms with E-state index in [0.29, 0.717) is 23.9 Å². The minimum atomic E-state index is -3.03. The molecule has 0 spiro atoms. The van der Waals surface area contributed by atoms with E-state index in [9.17, 15) is 18.3 Å². The number of para-hydroxylation sites is 1. The maximum Gasteiger partial charge on any atom is 0.342 e. The summed E-state index contributed by atoms with van der Waals surface area (Å²) in [4.78, 5) is 18.7. The maximum atomic E-state index is 11.8. The van der Waals surface area contributed by atoms with E-state index in [1.54, 1.807) is 13.0 Å². The van der Waals surface area contributed by atoms with Crippen molar-refractivity contribution in [1.82, 2.24) is 19.7 Å². The molecule has 0 bridgehead atoms. The lowest BCUT2D eigenvalue weighted by Crippen LogP contribution is -2.41. The first-order valence-electron chi connectivity index (χ1n) is 14.2. The average Bonchev–Trinajstić information content (AvgIpc) is 3.39. The van der Waals surface area contributed by atoms with Gasteiger partial charge in [-0.15, -0.1) is 0 Å². The molecule has 0 fully saturated rings. The lowest BCUT2D eigenvalue weighted by molar-refractivity contribution is 0.0692. The largest absolute Gasteiger partial charge is 0.488 e. The highest BCUT2D eigenvalue weighted by Gasteiger charge is 2.24. The van der Waals surface area contributed by atoms with Gasteiger partial charge in [-0.25, -0.2) is 18.2 Å². The number of sulfone groups is 1. The number of pyridine rings is 1. The standard InChI is InChI=1S/C32H36N4O6S/c1-5-41-31-27(32(37)38)17-33-36(31)29-11-7-10-28(34-29)26-9-6-8-21(2)30(26)42-19-23-12-13-25-18-35(15-14-24(25)16-23)22(3)20-43(4,39)40/h6-13,16-17,22H,5,14-15,18-20H2,1-4H3,(H,37,38). The van der Waals surface area contributed by atoms with Crippen molar-refractivity contribution < 1.29 is 27.8 Å². The molecule has 43 heavy (non-hydrogen) atoms. The zero-order valence-corrected chi connectivity index (χ0v) is 25.6. The third-order valence-electron chi connectivity index (χ3n) is 7.54. The van der Waals surface area contributed by atoms with E-state index in [-0.39, 0.29) is 29.8 Å². The third-order valence-corrected chi connectivity index (χ3v) is 8.63. The zero-order chi connectivity index (χ0) is 30.7. The quantitative estimate of drug-likeness (QED) is 0.259. The maximum absolute atomic E-state index is 11.8. The molecule has 226 valence electrons. The highest BCUT2D eigenvalue weighted by molar-refractivity contribution is 7.90. The van der Waals surface area contributed by atoms with Gasteiger partial charge < -0.3 is 14.6 Å². The molecule has 5 rings (SSSR count). The summed E-state index contributed by atoms with van der Waals surface area (Å²) in [6.07, 6.45) is 3.40. The Morgan fingerprint density at radius 1 is 1.09 bits per heavy atom. The van der Waals surface area contributed by atoms with Crippen molar-refractivity contribution >= 4 is 15.8 Å². The Hall–Kier alpha value is -4.22. The molecule has 3 heterocycles. The van der Waals surface area contributed by atoms with Crippen LogP contribution in [0.3, 0.4) is 0 Å². The molecular formula is C32H36N4O6S. The molecule has 2 aromatic heterocycles. The predicted octanol–water partition coefficient (Wildman–Crippen LogP) is 4.71. The molecular weight excluding hydrogens is 568 g/mol. The Balaban J connectivity index is 1.36. The number of nitrogens with zero attached hydrogens (tertiary/aromatic N) is 4. The summed E-state index contributed by atoms with van der Waals surface area (Å²) < 4.78 is 37.0. The van der Waals surface area contributed by atoms with Crippen LogP contribution in [0.25, 0.3) is 17.1 Å². The number of aryl methyl sites for hydroxylation is 1. The Labute approximate surface area is 251 Å². The second-order valence-corrected chi connectivity index (χ2v) is 13.1. The molecule has 0 aliphatic carbocycles. The summed E-state index contributed by atoms with van der Waals surface area (Å²) in [5, 5.41) is 13.8. The van der Waals surface area contributed by atoms with Gasteiger partial charge in [0.05, 0.1) is 24.3 Å². The Morgan fingerprint density at radius 3 is 2.63 bits per heavy atom. The van der Waals surface area contributed by atoms with Crippen molar-refractivity contribution in [3.05, 3.63) is 88.6 Å². The van der Waals surface area contributed by atoms with E-state index in [2.05, 4.69) is 28.2 Å². The molecule has 10 nitrogen and oxygen atoms in total. The second kappa shape index (κ2) is 12.6. The van der Waals surface area contributed by atoms with Crippen LogP contribution in [0.1, 0.15) is 46.5 Å². The van der Waals surface area contributed by atoms with Gasteiger partial charge in [-0.1, -0.05) is 36.4 Å². The first kappa shape index (κ1) is 30.2. The van der Waals surface area contributed by atoms with E-state index in [1.807, 2.05) is 44.2 Å². The fourth-order valence-electron chi connectivity index (χ4n) is 5.45. The number of aromatic carboxylic acids is 1. The van der Waals surface area contributed by atoms with Crippen molar-refractivity contribution in [2.45, 2.75) is 46.4 Å². The SMILES string of the molecule is CCOc1c(C(=O)O)cnn1-c1cccc(-c2cccc(C)c2OCc2ccc3c(c2)CCN(C(C)CS(C)(=O)=O)C3)n1. The Bertz CT molecular complexity index is 1750. The fraction of sp³-hybridized carbons (Fsp3) is 0.344. The van der Waals surface area contributed by atoms with Crippen molar-refractivity contribution in [1.29, 1.82) is 0 Å². The number of carboxylic acids is 1. The van der Waals surface area contributed by atoms with Crippen LogP contribution in [0.15, 0.2) is 60.8 Å². The zero-order valence-electron chi connectivity index (χ0n) is 24.8. The van der Waals surface area contributed by atoms with Crippen LogP contribution in [0, 0.1) is 6.92 Å². The predicted molar refractivity (Wildman–Crippen MR) is 164 cm³/mol. The van der Waals surface area contributed by atoms with Crippen LogP contribution in [-0.2, 0) is 29.4 Å². The third kappa shape index (κ3) is 6.89. The average molecular weight is 605 g/mol. The Morgan fingerprint density at radius 2 is 1.88 bits per heavy atom. The fourth-order valence-corrected chi connectivity index (χ4v) is 6.54. The number of carboxylic acid groups (broad SMARTS) is 1. The first-order chi connectivity index (χ1) is 20.5. The molecule has 4 aromatic rings. The summed E-state index contributed by atoms with van der Waals surface area (Å²) in [5.41, 5.74) is 5.90. The van der Waals surface area contributed by atoms with Crippen LogP contribution in [0.4, 0.5) is 0 Å². The number of carbonyl (C=O) groups is 1. The number of hydrogen-bond donors (Lipinski definition) is 1. The normalized spacial score (nSPS) is 14.2. The number of ether oxygens (including phenoxy) is 2. The van der Waals surface area contributed by atoms with Crippen LogP contribution in [-0.4, -0.2) is 70.4 Å². The van der Waals surface area contributed by atoms with Gasteiger partial charge in [0, 0.05) is 31.0 Å². The van der Waals surface area contributed by atoms with Gasteiger partial charge in [0.25, 0.3) is 0 Å². The van der Waals surface area contributed by atoms with Crippen LogP contribution >= 0.6 is 0 Å². The van der Waals surface area contributed by atoms with Gasteiger partial charge in [-0.05, 0) is 67.6 Å². The topological polar surface area (TPSA) is 124 Å². The van der Waals surface area contributed by atoms with Crippen LogP contribution in [0.5, 0.6) is 11.6 Å². The van der Waals surface area contributed by atoms with Gasteiger partial charge in [-0.3, -0.25) is 4.90 Å².